The summed E-state index contributed by atoms with van der Waals surface area (Å²) >= 11 is 0. The topological polar surface area (TPSA) is 75.3 Å². The molecule has 0 bridgehead atoms. The monoisotopic (exact) mass is 174 g/mol. The Morgan fingerprint density at radius 3 is 2.50 bits per heavy atom. The fraction of sp³-hybridized carbons (Fsp3) is 0.875. The molecule has 4 heteroatoms. The lowest BCUT2D eigenvalue weighted by Crippen LogP contribution is -2.42. The van der Waals surface area contributed by atoms with Gasteiger partial charge in [0.15, 0.2) is 0 Å². The lowest BCUT2D eigenvalue weighted by molar-refractivity contribution is -0.122. The Morgan fingerprint density at radius 2 is 2.17 bits per heavy atom. The molecule has 12 heavy (non-hydrogen) atoms. The second-order valence-electron chi connectivity index (χ2n) is 3.82. The van der Waals surface area contributed by atoms with Crippen LogP contribution in [0, 0.1) is 0 Å². The van der Waals surface area contributed by atoms with Crippen LogP contribution in [0.4, 0.5) is 0 Å². The van der Waals surface area contributed by atoms with Crippen LogP contribution in [0.15, 0.2) is 0 Å². The molecule has 72 valence electrons. The van der Waals surface area contributed by atoms with E-state index >= 15 is 0 Å². The second-order valence-corrected chi connectivity index (χ2v) is 3.82. The average molecular weight is 174 g/mol. The van der Waals surface area contributed by atoms with Crippen LogP contribution in [-0.2, 0) is 4.79 Å². The Labute approximate surface area is 73.1 Å². The molecule has 0 aromatic heterocycles. The number of carbonyl (C=O) groups is 1. The summed E-state index contributed by atoms with van der Waals surface area (Å²) < 4.78 is 0. The van der Waals surface area contributed by atoms with Crippen LogP contribution in [0.2, 0.25) is 0 Å². The van der Waals surface area contributed by atoms with Gasteiger partial charge in [0.25, 0.3) is 0 Å². The molecule has 0 heterocycles. The largest absolute Gasteiger partial charge is 0.394 e. The average Bonchev–Trinajstić information content (AvgIpc) is 1.82. The van der Waals surface area contributed by atoms with Crippen LogP contribution in [0.25, 0.3) is 0 Å². The highest BCUT2D eigenvalue weighted by atomic mass is 16.3. The SMILES string of the molecule is CC(CO)NC(=O)CC(C)(C)N. The Bertz CT molecular complexity index is 152. The third kappa shape index (κ3) is 6.12. The summed E-state index contributed by atoms with van der Waals surface area (Å²) in [7, 11) is 0. The van der Waals surface area contributed by atoms with Crippen molar-refractivity contribution in [1.82, 2.24) is 5.32 Å². The van der Waals surface area contributed by atoms with Gasteiger partial charge in [-0.05, 0) is 20.8 Å². The van der Waals surface area contributed by atoms with E-state index in [4.69, 9.17) is 10.8 Å². The molecule has 0 saturated carbocycles. The molecule has 0 aliphatic heterocycles. The molecule has 0 aromatic rings. The number of hydrogen-bond acceptors (Lipinski definition) is 3. The molecule has 0 aliphatic rings. The standard InChI is InChI=1S/C8H18N2O2/c1-6(5-11)10-7(12)4-8(2,3)9/h6,11H,4-5,9H2,1-3H3,(H,10,12). The first-order valence-corrected chi connectivity index (χ1v) is 4.04. The van der Waals surface area contributed by atoms with Gasteiger partial charge in [0.05, 0.1) is 6.61 Å². The smallest absolute Gasteiger partial charge is 0.222 e. The van der Waals surface area contributed by atoms with Crippen molar-refractivity contribution < 1.29 is 9.90 Å². The second kappa shape index (κ2) is 4.42. The predicted octanol–water partition coefficient (Wildman–Crippen LogP) is -0.389. The first kappa shape index (κ1) is 11.4. The normalized spacial score (nSPS) is 14.1. The third-order valence-corrected chi connectivity index (χ3v) is 1.30. The molecule has 0 rings (SSSR count). The van der Waals surface area contributed by atoms with Gasteiger partial charge in [-0.1, -0.05) is 0 Å². The van der Waals surface area contributed by atoms with E-state index in [9.17, 15) is 4.79 Å². The predicted molar refractivity (Wildman–Crippen MR) is 47.6 cm³/mol. The van der Waals surface area contributed by atoms with Gasteiger partial charge < -0.3 is 16.2 Å². The maximum absolute atomic E-state index is 11.1. The summed E-state index contributed by atoms with van der Waals surface area (Å²) in [6.07, 6.45) is 0.275. The number of rotatable bonds is 4. The molecular weight excluding hydrogens is 156 g/mol. The molecule has 0 fully saturated rings. The zero-order valence-electron chi connectivity index (χ0n) is 7.92. The maximum atomic E-state index is 11.1. The van der Waals surface area contributed by atoms with Crippen LogP contribution in [-0.4, -0.2) is 29.2 Å². The Hall–Kier alpha value is -0.610. The van der Waals surface area contributed by atoms with Crippen molar-refractivity contribution in [3.63, 3.8) is 0 Å². The van der Waals surface area contributed by atoms with Gasteiger partial charge >= 0.3 is 0 Å². The van der Waals surface area contributed by atoms with E-state index in [0.29, 0.717) is 0 Å². The molecule has 0 aromatic carbocycles. The zero-order valence-corrected chi connectivity index (χ0v) is 7.92. The fourth-order valence-electron chi connectivity index (χ4n) is 0.785. The molecular formula is C8H18N2O2. The third-order valence-electron chi connectivity index (χ3n) is 1.30. The Morgan fingerprint density at radius 1 is 1.67 bits per heavy atom. The highest BCUT2D eigenvalue weighted by molar-refractivity contribution is 5.77. The number of hydrogen-bond donors (Lipinski definition) is 3. The molecule has 1 amide bonds. The Balaban J connectivity index is 3.75. The molecule has 0 saturated heterocycles. The quantitative estimate of drug-likeness (QED) is 0.543. The van der Waals surface area contributed by atoms with Gasteiger partial charge in [0, 0.05) is 18.0 Å². The van der Waals surface area contributed by atoms with Crippen LogP contribution >= 0.6 is 0 Å². The fourth-order valence-corrected chi connectivity index (χ4v) is 0.785. The van der Waals surface area contributed by atoms with Gasteiger partial charge in [0.2, 0.25) is 5.91 Å². The minimum atomic E-state index is -0.487. The van der Waals surface area contributed by atoms with Crippen molar-refractivity contribution in [2.45, 2.75) is 38.8 Å². The number of carbonyl (C=O) groups excluding carboxylic acids is 1. The first-order valence-electron chi connectivity index (χ1n) is 4.04. The van der Waals surface area contributed by atoms with Crippen LogP contribution in [0.5, 0.6) is 0 Å². The maximum Gasteiger partial charge on any atom is 0.222 e. The van der Waals surface area contributed by atoms with Crippen molar-refractivity contribution in [3.8, 4) is 0 Å². The van der Waals surface area contributed by atoms with Crippen LogP contribution in [0.3, 0.4) is 0 Å². The zero-order chi connectivity index (χ0) is 9.78. The van der Waals surface area contributed by atoms with Crippen molar-refractivity contribution in [2.24, 2.45) is 5.73 Å². The molecule has 0 radical (unpaired) electrons. The summed E-state index contributed by atoms with van der Waals surface area (Å²) in [6, 6.07) is -0.195. The van der Waals surface area contributed by atoms with Gasteiger partial charge in [0.1, 0.15) is 0 Å². The van der Waals surface area contributed by atoms with E-state index in [1.165, 1.54) is 0 Å². The van der Waals surface area contributed by atoms with Crippen LogP contribution in [0.1, 0.15) is 27.2 Å². The number of amides is 1. The van der Waals surface area contributed by atoms with Gasteiger partial charge in [-0.2, -0.15) is 0 Å². The molecule has 1 atom stereocenters. The van der Waals surface area contributed by atoms with Crippen molar-refractivity contribution >= 4 is 5.91 Å². The van der Waals surface area contributed by atoms with Crippen molar-refractivity contribution in [3.05, 3.63) is 0 Å². The molecule has 0 spiro atoms. The van der Waals surface area contributed by atoms with Gasteiger partial charge in [-0.25, -0.2) is 0 Å². The van der Waals surface area contributed by atoms with E-state index < -0.39 is 5.54 Å². The number of nitrogens with one attached hydrogen (secondary N) is 1. The van der Waals surface area contributed by atoms with E-state index in [1.807, 2.05) is 0 Å². The number of aliphatic hydroxyl groups excluding tert-OH is 1. The van der Waals surface area contributed by atoms with Gasteiger partial charge in [-0.15, -0.1) is 0 Å². The molecule has 1 unspecified atom stereocenters. The lowest BCUT2D eigenvalue weighted by Gasteiger charge is -2.19. The van der Waals surface area contributed by atoms with Crippen molar-refractivity contribution in [2.75, 3.05) is 6.61 Å². The number of nitrogens with two attached hydrogens (primary N) is 1. The summed E-state index contributed by atoms with van der Waals surface area (Å²) in [5.41, 5.74) is 5.14. The minimum Gasteiger partial charge on any atom is -0.394 e. The summed E-state index contributed by atoms with van der Waals surface area (Å²) in [6.45, 7) is 5.27. The minimum absolute atomic E-state index is 0.0449. The number of aliphatic hydroxyl groups is 1. The van der Waals surface area contributed by atoms with Gasteiger partial charge in [-0.3, -0.25) is 4.79 Å². The van der Waals surface area contributed by atoms with E-state index in [2.05, 4.69) is 5.32 Å². The highest BCUT2D eigenvalue weighted by Gasteiger charge is 2.16. The molecule has 4 nitrogen and oxygen atoms in total. The summed E-state index contributed by atoms with van der Waals surface area (Å²) in [5, 5.41) is 11.3. The highest BCUT2D eigenvalue weighted by Crippen LogP contribution is 2.02. The molecule has 4 N–H and O–H groups in total. The lowest BCUT2D eigenvalue weighted by atomic mass is 10.0. The van der Waals surface area contributed by atoms with E-state index in [-0.39, 0.29) is 25.0 Å². The van der Waals surface area contributed by atoms with Crippen molar-refractivity contribution in [1.29, 1.82) is 0 Å². The summed E-state index contributed by atoms with van der Waals surface area (Å²) in [5.74, 6) is -0.121. The van der Waals surface area contributed by atoms with E-state index in [0.717, 1.165) is 0 Å². The Kier molecular flexibility index (Phi) is 4.20. The molecule has 0 aliphatic carbocycles. The first-order chi connectivity index (χ1) is 5.35. The van der Waals surface area contributed by atoms with Crippen LogP contribution < -0.4 is 11.1 Å². The summed E-state index contributed by atoms with van der Waals surface area (Å²) in [4.78, 5) is 11.1. The van der Waals surface area contributed by atoms with E-state index in [1.54, 1.807) is 20.8 Å².